The van der Waals surface area contributed by atoms with Gasteiger partial charge in [-0.15, -0.1) is 0 Å². The topological polar surface area (TPSA) is 256 Å². The molecule has 3 rings (SSSR count). The Labute approximate surface area is 461 Å². The Hall–Kier alpha value is -2.80. The van der Waals surface area contributed by atoms with E-state index in [4.69, 9.17) is 117 Å². The first-order valence-corrected chi connectivity index (χ1v) is 25.9. The molecule has 27 heteroatoms. The van der Waals surface area contributed by atoms with E-state index in [1.807, 2.05) is 15.5 Å². The molecule has 16 atom stereocenters. The summed E-state index contributed by atoms with van der Waals surface area (Å²) in [7, 11) is 4.93. The molecule has 0 spiro atoms. The number of nitrogens with zero attached hydrogens (tertiary/aromatic N) is 1. The van der Waals surface area contributed by atoms with Crippen molar-refractivity contribution in [3.63, 3.8) is 0 Å². The van der Waals surface area contributed by atoms with Gasteiger partial charge in [-0.25, -0.2) is 9.59 Å². The van der Waals surface area contributed by atoms with Crippen LogP contribution in [0, 0.1) is 17.8 Å². The van der Waals surface area contributed by atoms with Crippen LogP contribution >= 0.6 is 69.6 Å². The minimum absolute atomic E-state index is 0.0658. The Morgan fingerprint density at radius 1 is 0.770 bits per heavy atom. The number of hydrogen-bond donors (Lipinski definition) is 2. The normalized spacial score (nSPS) is 36.5. The van der Waals surface area contributed by atoms with Gasteiger partial charge in [-0.3, -0.25) is 39.4 Å². The molecule has 3 aliphatic heterocycles. The predicted molar refractivity (Wildman–Crippen MR) is 269 cm³/mol. The number of ketones is 1. The molecule has 21 nitrogen and oxygen atoms in total. The van der Waals surface area contributed by atoms with Crippen molar-refractivity contribution in [1.29, 1.82) is 0 Å². The van der Waals surface area contributed by atoms with Crippen molar-refractivity contribution in [2.24, 2.45) is 17.8 Å². The highest BCUT2D eigenvalue weighted by Gasteiger charge is 2.56. The van der Waals surface area contributed by atoms with Crippen LogP contribution in [0.5, 0.6) is 0 Å². The number of rotatable bonds is 11. The van der Waals surface area contributed by atoms with Gasteiger partial charge in [-0.05, 0) is 93.5 Å². The Balaban J connectivity index is 2.48. The third-order valence-electron chi connectivity index (χ3n) is 13.2. The Morgan fingerprint density at radius 2 is 1.31 bits per heavy atom. The predicted octanol–water partition coefficient (Wildman–Crippen LogP) is 7.14. The molecule has 3 aliphatic rings. The van der Waals surface area contributed by atoms with Gasteiger partial charge in [0.1, 0.15) is 23.4 Å². The molecule has 4 amide bonds. The number of hydrogen-bond acceptors (Lipinski definition) is 19. The molecule has 0 saturated carbocycles. The highest BCUT2D eigenvalue weighted by molar-refractivity contribution is 6.77. The molecule has 2 N–H and O–H groups in total. The number of alkyl carbamates (subject to hydrolysis) is 2. The van der Waals surface area contributed by atoms with Crippen LogP contribution in [0.25, 0.3) is 0 Å². The van der Waals surface area contributed by atoms with Crippen molar-refractivity contribution in [3.05, 3.63) is 11.6 Å². The van der Waals surface area contributed by atoms with Gasteiger partial charge in [-0.2, -0.15) is 0 Å². The molecular weight excluding hydrogens is 1110 g/mol. The van der Waals surface area contributed by atoms with Gasteiger partial charge >= 0.3 is 30.1 Å². The summed E-state index contributed by atoms with van der Waals surface area (Å²) >= 11 is 34.6. The molecular formula is C47H69Cl6N3O18. The number of amides is 4. The summed E-state index contributed by atoms with van der Waals surface area (Å²) in [6, 6.07) is -0.521. The first kappa shape index (κ1) is 65.5. The van der Waals surface area contributed by atoms with Crippen molar-refractivity contribution in [2.75, 3.05) is 21.2 Å². The first-order valence-electron chi connectivity index (χ1n) is 23.7. The number of Topliss-reactive ketones (excluding diaryl/α,β-unsaturated/α-hetero) is 1. The maximum absolute atomic E-state index is 15.0. The molecule has 2 saturated heterocycles. The number of nitrogens with one attached hydrogen (secondary N) is 2. The lowest BCUT2D eigenvalue weighted by Gasteiger charge is -2.50. The van der Waals surface area contributed by atoms with Gasteiger partial charge in [0.05, 0.1) is 30.3 Å². The third kappa shape index (κ3) is 17.1. The van der Waals surface area contributed by atoms with Crippen molar-refractivity contribution in [1.82, 2.24) is 15.5 Å². The number of esters is 3. The molecule has 0 aromatic rings. The molecule has 0 aliphatic carbocycles. The monoisotopic (exact) mass is 1170 g/mol. The van der Waals surface area contributed by atoms with Crippen LogP contribution in [0.2, 0.25) is 0 Å². The van der Waals surface area contributed by atoms with Crippen LogP contribution in [0.3, 0.4) is 0 Å². The Morgan fingerprint density at radius 3 is 1.80 bits per heavy atom. The number of halogens is 6. The lowest BCUT2D eigenvalue weighted by Crippen LogP contribution is -2.62. The van der Waals surface area contributed by atoms with Gasteiger partial charge < -0.3 is 52.3 Å². The quantitative estimate of drug-likeness (QED) is 0.118. The molecule has 3 heterocycles. The molecule has 2 fully saturated rings. The van der Waals surface area contributed by atoms with Gasteiger partial charge in [0.2, 0.25) is 0 Å². The summed E-state index contributed by atoms with van der Waals surface area (Å²) in [5.74, 6) is -9.52. The number of carbonyl (C=O) groups is 8. The summed E-state index contributed by atoms with van der Waals surface area (Å²) < 4.78 is 56.9. The molecule has 0 aromatic heterocycles. The number of methoxy groups -OCH3 is 1. The van der Waals surface area contributed by atoms with E-state index in [0.717, 1.165) is 0 Å². The second-order valence-corrected chi connectivity index (χ2v) is 24.4. The Kier molecular flexibility index (Phi) is 23.2. The van der Waals surface area contributed by atoms with E-state index in [9.17, 15) is 38.4 Å². The average molecular weight is 1180 g/mol. The molecule has 0 bridgehead atoms. The molecule has 422 valence electrons. The zero-order chi connectivity index (χ0) is 56.8. The van der Waals surface area contributed by atoms with Crippen LogP contribution in [-0.4, -0.2) is 160 Å². The Bertz CT molecular complexity index is 2110. The fraction of sp³-hybridized carbons (Fsp3) is 0.787. The summed E-state index contributed by atoms with van der Waals surface area (Å²) in [6.07, 6.45) is -12.7. The molecule has 0 radical (unpaired) electrons. The van der Waals surface area contributed by atoms with Crippen molar-refractivity contribution < 1.29 is 85.7 Å². The summed E-state index contributed by atoms with van der Waals surface area (Å²) in [6.45, 7) is 17.7. The summed E-state index contributed by atoms with van der Waals surface area (Å²) in [4.78, 5) is 110. The highest BCUT2D eigenvalue weighted by atomic mass is 35.6. The number of allylic oxidation sites excluding steroid dienone is 1. The third-order valence-corrected chi connectivity index (χ3v) is 14.3. The average Bonchev–Trinajstić information content (AvgIpc) is 3.25. The largest absolute Gasteiger partial charge is 0.457 e. The zero-order valence-electron chi connectivity index (χ0n) is 44.0. The van der Waals surface area contributed by atoms with E-state index in [1.54, 1.807) is 48.7 Å². The standard InChI is InChI=1S/C47H69Cl6N3O18/c1-16-30-43(10,73-41(63)54-39(61)46(48,49)50)18-21(2)32(59)22(3)19-45(12,74-42(64)55-40(62)47(51,52)53)35(72-38-34(68-27(8)57)29(56(13)14)17-23(4)66-38)24(5)33(25(6)37(60)70-30)71-31-20-44(11,65-15)36(26(7)67-31)69-28(9)58/h18,22-26,29-31,33-36,38H,16-17,19-20H2,1-15H3,(H,54,61,63)(H,55,62,64)/b21-18+/t22-,23-,24+,25-,26+,29+,30-,31?,33+,34-,35-,36+,38+,43+,44-,45-/m1/s1. The lowest BCUT2D eigenvalue weighted by atomic mass is 9.76. The number of ether oxygens (including phenoxy) is 10. The lowest BCUT2D eigenvalue weighted by molar-refractivity contribution is -0.319. The summed E-state index contributed by atoms with van der Waals surface area (Å²) in [5, 5.41) is 3.71. The second-order valence-electron chi connectivity index (χ2n) is 19.8. The minimum atomic E-state index is -2.66. The molecule has 0 aromatic carbocycles. The molecule has 1 unspecified atom stereocenters. The van der Waals surface area contributed by atoms with E-state index in [1.165, 1.54) is 61.7 Å². The van der Waals surface area contributed by atoms with Crippen LogP contribution in [0.4, 0.5) is 9.59 Å². The number of likely N-dealkylation sites (N-methyl/N-ethyl adjacent to an activating group) is 1. The first-order chi connectivity index (χ1) is 33.8. The number of alkyl halides is 6. The van der Waals surface area contributed by atoms with Crippen LogP contribution in [0.15, 0.2) is 11.6 Å². The second kappa shape index (κ2) is 26.2. The van der Waals surface area contributed by atoms with E-state index >= 15 is 0 Å². The SMILES string of the molecule is CC[C@H]1OC(=O)[C@H](C)[C@@H](OC2C[C@@](C)(OC)[C@@H](OC(C)=O)[C@H](C)O2)[C@H](C)[C@@H](O[C@@H]2O[C@H](C)C[C@H](N(C)C)[C@H]2OC(C)=O)[C@](C)(OC(=O)NC(=O)C(Cl)(Cl)Cl)C[C@@H](C)C(=O)/C(C)=C/[C@]1(C)OC(=O)NC(=O)C(Cl)(Cl)Cl. The summed E-state index contributed by atoms with van der Waals surface area (Å²) in [5.41, 5.74) is -5.51. The van der Waals surface area contributed by atoms with Crippen LogP contribution < -0.4 is 10.6 Å². The number of carbonyl (C=O) groups excluding carboxylic acids is 8. The van der Waals surface area contributed by atoms with Gasteiger partial charge in [0.15, 0.2) is 36.2 Å². The number of imide groups is 2. The van der Waals surface area contributed by atoms with Gasteiger partial charge in [0, 0.05) is 39.2 Å². The van der Waals surface area contributed by atoms with Gasteiger partial charge in [-0.1, -0.05) is 90.4 Å². The van der Waals surface area contributed by atoms with Crippen LogP contribution in [0.1, 0.15) is 109 Å². The number of cyclic esters (lactones) is 1. The fourth-order valence-electron chi connectivity index (χ4n) is 9.72. The fourth-order valence-corrected chi connectivity index (χ4v) is 10.0. The minimum Gasteiger partial charge on any atom is -0.457 e. The molecule has 74 heavy (non-hydrogen) atoms. The van der Waals surface area contributed by atoms with Crippen molar-refractivity contribution in [3.8, 4) is 0 Å². The van der Waals surface area contributed by atoms with E-state index in [2.05, 4.69) is 0 Å². The van der Waals surface area contributed by atoms with Crippen LogP contribution in [-0.2, 0) is 76.1 Å². The van der Waals surface area contributed by atoms with E-state index < -0.39 is 158 Å². The smallest absolute Gasteiger partial charge is 0.414 e. The van der Waals surface area contributed by atoms with Crippen molar-refractivity contribution >= 4 is 117 Å². The van der Waals surface area contributed by atoms with E-state index in [0.29, 0.717) is 6.42 Å². The van der Waals surface area contributed by atoms with E-state index in [-0.39, 0.29) is 18.4 Å². The maximum Gasteiger partial charge on any atom is 0.414 e. The maximum atomic E-state index is 15.0. The van der Waals surface area contributed by atoms with Gasteiger partial charge in [0.25, 0.3) is 19.4 Å². The van der Waals surface area contributed by atoms with Crippen molar-refractivity contribution in [2.45, 2.75) is 195 Å². The highest BCUT2D eigenvalue weighted by Crippen LogP contribution is 2.43. The zero-order valence-corrected chi connectivity index (χ0v) is 48.5.